The van der Waals surface area contributed by atoms with Crippen LogP contribution in [-0.4, -0.2) is 137 Å². The first-order valence-electron chi connectivity index (χ1n) is 27.9. The van der Waals surface area contributed by atoms with Gasteiger partial charge in [-0.2, -0.15) is 0 Å². The summed E-state index contributed by atoms with van der Waals surface area (Å²) < 4.78 is 69.0. The number of ether oxygens (including phenoxy) is 9. The van der Waals surface area contributed by atoms with Gasteiger partial charge >= 0.3 is 11.9 Å². The van der Waals surface area contributed by atoms with E-state index in [1.807, 2.05) is 31.2 Å². The fourth-order valence-corrected chi connectivity index (χ4v) is 16.4. The lowest BCUT2D eigenvalue weighted by atomic mass is 9.78. The summed E-state index contributed by atoms with van der Waals surface area (Å²) >= 11 is 17.6. The van der Waals surface area contributed by atoms with Gasteiger partial charge in [-0.25, -0.2) is 0 Å². The number of methoxy groups -OCH3 is 2. The Morgan fingerprint density at radius 3 is 1.94 bits per heavy atom. The van der Waals surface area contributed by atoms with Crippen molar-refractivity contribution in [1.29, 1.82) is 0 Å². The van der Waals surface area contributed by atoms with Gasteiger partial charge in [0.2, 0.25) is 3.79 Å². The molecule has 4 aliphatic heterocycles. The van der Waals surface area contributed by atoms with Crippen LogP contribution in [0.2, 0.25) is 36.3 Å². The average molecular weight is 1180 g/mol. The molecule has 0 bridgehead atoms. The van der Waals surface area contributed by atoms with E-state index in [0.717, 1.165) is 29.4 Å². The predicted molar refractivity (Wildman–Crippen MR) is 303 cm³/mol. The number of rotatable bonds is 25. The highest BCUT2D eigenvalue weighted by atomic mass is 35.6. The van der Waals surface area contributed by atoms with Gasteiger partial charge in [0.1, 0.15) is 24.2 Å². The molecule has 4 heterocycles. The molecule has 4 aliphatic rings. The van der Waals surface area contributed by atoms with Crippen LogP contribution in [0.25, 0.3) is 0 Å². The van der Waals surface area contributed by atoms with Crippen molar-refractivity contribution in [1.82, 2.24) is 0 Å². The molecule has 1 N–H and O–H groups in total. The molecule has 0 aliphatic carbocycles. The van der Waals surface area contributed by atoms with Crippen molar-refractivity contribution in [3.63, 3.8) is 0 Å². The summed E-state index contributed by atoms with van der Waals surface area (Å²) in [6.07, 6.45) is -0.971. The van der Waals surface area contributed by atoms with E-state index < -0.39 is 98.5 Å². The van der Waals surface area contributed by atoms with Gasteiger partial charge in [-0.3, -0.25) is 14.4 Å². The first kappa shape index (κ1) is 66.1. The third kappa shape index (κ3) is 18.9. The Morgan fingerprint density at radius 1 is 0.792 bits per heavy atom. The number of halogens is 3. The van der Waals surface area contributed by atoms with Gasteiger partial charge in [-0.05, 0) is 67.3 Å². The number of ketones is 1. The average Bonchev–Trinajstić information content (AvgIpc) is 3.32. The smallest absolute Gasteiger partial charge is 0.308 e. The summed E-state index contributed by atoms with van der Waals surface area (Å²) in [5, 5.41) is 12.1. The van der Waals surface area contributed by atoms with Crippen LogP contribution in [0.5, 0.6) is 5.75 Å². The minimum absolute atomic E-state index is 0.0268. The number of carbonyl (C=O) groups excluding carboxylic acids is 3. The van der Waals surface area contributed by atoms with Crippen LogP contribution in [0.1, 0.15) is 145 Å². The number of esters is 2. The number of Topliss-reactive ketones (excluding diaryl/α,β-unsaturated/α-hetero) is 1. The van der Waals surface area contributed by atoms with Crippen LogP contribution in [0, 0.1) is 11.8 Å². The zero-order chi connectivity index (χ0) is 57.4. The molecule has 13 atom stereocenters. The lowest BCUT2D eigenvalue weighted by Crippen LogP contribution is -2.61. The van der Waals surface area contributed by atoms with Crippen molar-refractivity contribution in [2.75, 3.05) is 27.4 Å². The van der Waals surface area contributed by atoms with Crippen LogP contribution < -0.4 is 4.74 Å². The summed E-state index contributed by atoms with van der Waals surface area (Å²) in [5.74, 6) is -4.24. The molecule has 0 aromatic heterocycles. The second-order valence-corrected chi connectivity index (χ2v) is 36.3. The minimum atomic E-state index is -2.24. The van der Waals surface area contributed by atoms with Crippen LogP contribution in [0.4, 0.5) is 0 Å². The molecule has 440 valence electrons. The molecule has 0 unspecified atom stereocenters. The Labute approximate surface area is 477 Å². The van der Waals surface area contributed by atoms with Crippen LogP contribution in [0.3, 0.4) is 0 Å². The lowest BCUT2D eigenvalue weighted by molar-refractivity contribution is -0.347. The first-order valence-corrected chi connectivity index (χ1v) is 34.5. The zero-order valence-corrected chi connectivity index (χ0v) is 52.9. The van der Waals surface area contributed by atoms with Crippen LogP contribution >= 0.6 is 34.8 Å². The van der Waals surface area contributed by atoms with Gasteiger partial charge in [0.15, 0.2) is 28.2 Å². The zero-order valence-electron chi connectivity index (χ0n) is 48.6. The number of carbonyl (C=O) groups is 3. The number of aliphatic hydroxyl groups is 1. The van der Waals surface area contributed by atoms with Gasteiger partial charge in [-0.1, -0.05) is 114 Å². The highest BCUT2D eigenvalue weighted by molar-refractivity contribution is 6.74. The molecule has 4 saturated heterocycles. The SMILES string of the molecule is C=C(C[C@H]1C[C@](C)(O[Si](CC)(CC)CC)C[C@@]2(C[C@@H](OC(C)=O)C[C@H](CC(=O)OCC(Cl)(Cl)Cl)O2)O1)[C@@H](C)[C@H](O)[C@H](C)C(=O)C[C@@H]1C[C@H](OC)C[C@@]2(C[C@@H](O[Si](C)(C)C(C)(C)C)C[C@H](COCc3ccc(OC)cc3)O2)O1. The van der Waals surface area contributed by atoms with Crippen molar-refractivity contribution in [2.24, 2.45) is 11.8 Å². The Balaban J connectivity index is 1.32. The molecule has 5 rings (SSSR count). The van der Waals surface area contributed by atoms with E-state index in [1.165, 1.54) is 6.92 Å². The fraction of sp³-hybridized carbons (Fsp3) is 0.807. The van der Waals surface area contributed by atoms with E-state index >= 15 is 0 Å². The molecule has 0 saturated carbocycles. The summed E-state index contributed by atoms with van der Waals surface area (Å²) in [5.41, 5.74) is 0.944. The van der Waals surface area contributed by atoms with Crippen LogP contribution in [-0.2, 0) is 67.7 Å². The second kappa shape index (κ2) is 27.6. The van der Waals surface area contributed by atoms with E-state index in [0.29, 0.717) is 63.7 Å². The molecular formula is C57H93Cl3O15Si2. The molecule has 4 fully saturated rings. The molecule has 20 heteroatoms. The Kier molecular flexibility index (Phi) is 23.7. The third-order valence-corrected chi connectivity index (χ3v) is 26.6. The summed E-state index contributed by atoms with van der Waals surface area (Å²) in [7, 11) is -1.15. The number of alkyl halides is 3. The van der Waals surface area contributed by atoms with E-state index in [2.05, 4.69) is 68.1 Å². The quantitative estimate of drug-likeness (QED) is 0.0424. The molecule has 77 heavy (non-hydrogen) atoms. The Hall–Kier alpha value is -1.69. The fourth-order valence-electron chi connectivity index (χ4n) is 11.7. The molecule has 1 aromatic rings. The summed E-state index contributed by atoms with van der Waals surface area (Å²) in [6.45, 7) is 29.5. The van der Waals surface area contributed by atoms with Gasteiger partial charge in [0, 0.05) is 83.7 Å². The second-order valence-electron chi connectivity index (χ2n) is 24.3. The largest absolute Gasteiger partial charge is 0.497 e. The minimum Gasteiger partial charge on any atom is -0.497 e. The van der Waals surface area contributed by atoms with Crippen molar-refractivity contribution in [3.05, 3.63) is 42.0 Å². The number of benzene rings is 1. The van der Waals surface area contributed by atoms with Gasteiger partial charge < -0.3 is 56.6 Å². The topological polar surface area (TPSA) is 173 Å². The number of hydrogen-bond donors (Lipinski definition) is 1. The van der Waals surface area contributed by atoms with E-state index in [9.17, 15) is 19.5 Å². The maximum absolute atomic E-state index is 14.4. The summed E-state index contributed by atoms with van der Waals surface area (Å²) in [6, 6.07) is 10.5. The van der Waals surface area contributed by atoms with Crippen molar-refractivity contribution >= 4 is 69.2 Å². The Bertz CT molecular complexity index is 2090. The third-order valence-electron chi connectivity index (χ3n) is 17.0. The Morgan fingerprint density at radius 2 is 1.35 bits per heavy atom. The molecule has 0 radical (unpaired) electrons. The molecule has 2 spiro atoms. The van der Waals surface area contributed by atoms with E-state index in [4.69, 9.17) is 86.3 Å². The van der Waals surface area contributed by atoms with Gasteiger partial charge in [0.05, 0.1) is 75.1 Å². The van der Waals surface area contributed by atoms with E-state index in [-0.39, 0.29) is 54.8 Å². The normalized spacial score (nSPS) is 30.6. The molecule has 15 nitrogen and oxygen atoms in total. The highest BCUT2D eigenvalue weighted by Gasteiger charge is 2.56. The maximum Gasteiger partial charge on any atom is 0.308 e. The monoisotopic (exact) mass is 1180 g/mol. The first-order chi connectivity index (χ1) is 35.8. The maximum atomic E-state index is 14.4. The van der Waals surface area contributed by atoms with E-state index in [1.54, 1.807) is 21.1 Å². The molecule has 1 aromatic carbocycles. The van der Waals surface area contributed by atoms with Crippen molar-refractivity contribution in [2.45, 2.75) is 253 Å². The number of aliphatic hydroxyl groups excluding tert-OH is 1. The summed E-state index contributed by atoms with van der Waals surface area (Å²) in [4.78, 5) is 40.0. The van der Waals surface area contributed by atoms with Gasteiger partial charge in [-0.15, -0.1) is 0 Å². The van der Waals surface area contributed by atoms with Crippen molar-refractivity contribution in [3.8, 4) is 5.75 Å². The molecule has 0 amide bonds. The van der Waals surface area contributed by atoms with Gasteiger partial charge in [0.25, 0.3) is 0 Å². The highest BCUT2D eigenvalue weighted by Crippen LogP contribution is 2.50. The standard InChI is InChI=1S/C57H93Cl3O15Si2/c1-16-77(17-2,18-3)75-54(11)29-47(72-56(35-54)31-46(69-40(7)61)25-44(71-56)28-51(63)68-36-57(58,59)60)23-37(4)38(5)52(64)39(6)50(62)27-43-24-45(66-13)30-55(70-43)32-48(74-76(14,15)53(8,9)10)26-49(73-55)34-67-33-41-19-21-42(65-12)22-20-41/h19-22,38-39,43-49,52,64H,4,16-18,23-36H2,1-3,5-15H3/t38-,39-,43+,44-,45+,46+,47+,48+,49-,52+,54+,55-,56-/m1/s1. The number of hydrogen-bond acceptors (Lipinski definition) is 15. The lowest BCUT2D eigenvalue weighted by Gasteiger charge is -2.55. The predicted octanol–water partition coefficient (Wildman–Crippen LogP) is 12.3. The molecular weight excluding hydrogens is 1090 g/mol. The van der Waals surface area contributed by atoms with Crippen molar-refractivity contribution < 1.29 is 71.0 Å². The van der Waals surface area contributed by atoms with Crippen LogP contribution in [0.15, 0.2) is 36.4 Å².